The van der Waals surface area contributed by atoms with Crippen LogP contribution in [-0.4, -0.2) is 16.8 Å². The van der Waals surface area contributed by atoms with Gasteiger partial charge in [-0.2, -0.15) is 0 Å². The average molecular weight is 202 g/mol. The second-order valence-corrected chi connectivity index (χ2v) is 4.40. The quantitative estimate of drug-likeness (QED) is 0.705. The molecule has 1 fully saturated rings. The van der Waals surface area contributed by atoms with Crippen molar-refractivity contribution in [2.75, 3.05) is 5.73 Å². The number of nitrogens with two attached hydrogens (primary N) is 1. The van der Waals surface area contributed by atoms with E-state index in [1.807, 2.05) is 17.0 Å². The fourth-order valence-corrected chi connectivity index (χ4v) is 2.40. The van der Waals surface area contributed by atoms with Crippen LogP contribution in [0.5, 0.6) is 0 Å². The maximum Gasteiger partial charge on any atom is 0.256 e. The van der Waals surface area contributed by atoms with E-state index in [1.165, 1.54) is 6.42 Å². The van der Waals surface area contributed by atoms with Crippen molar-refractivity contribution in [2.24, 2.45) is 0 Å². The zero-order valence-corrected chi connectivity index (χ0v) is 8.57. The minimum Gasteiger partial charge on any atom is -0.398 e. The zero-order chi connectivity index (χ0) is 10.4. The summed E-state index contributed by atoms with van der Waals surface area (Å²) in [5, 5.41) is 0. The highest BCUT2D eigenvalue weighted by Crippen LogP contribution is 2.34. The van der Waals surface area contributed by atoms with Crippen LogP contribution in [0.3, 0.4) is 0 Å². The predicted octanol–water partition coefficient (Wildman–Crippen LogP) is 1.78. The summed E-state index contributed by atoms with van der Waals surface area (Å²) in [4.78, 5) is 14.1. The second-order valence-electron chi connectivity index (χ2n) is 4.40. The molecule has 1 amide bonds. The normalized spacial score (nSPS) is 20.3. The van der Waals surface area contributed by atoms with Crippen molar-refractivity contribution in [3.05, 3.63) is 29.3 Å². The number of amides is 1. The van der Waals surface area contributed by atoms with Gasteiger partial charge in [0.05, 0.1) is 5.56 Å². The first kappa shape index (κ1) is 8.77. The zero-order valence-electron chi connectivity index (χ0n) is 8.57. The molecule has 0 radical (unpaired) electrons. The van der Waals surface area contributed by atoms with Gasteiger partial charge in [-0.05, 0) is 30.9 Å². The van der Waals surface area contributed by atoms with E-state index in [0.717, 1.165) is 30.5 Å². The van der Waals surface area contributed by atoms with E-state index in [2.05, 4.69) is 0 Å². The molecule has 1 heterocycles. The molecule has 3 rings (SSSR count). The third-order valence-corrected chi connectivity index (χ3v) is 3.51. The molecule has 3 heteroatoms. The van der Waals surface area contributed by atoms with E-state index >= 15 is 0 Å². The summed E-state index contributed by atoms with van der Waals surface area (Å²) in [7, 11) is 0. The molecule has 15 heavy (non-hydrogen) atoms. The van der Waals surface area contributed by atoms with Gasteiger partial charge in [0.2, 0.25) is 0 Å². The van der Waals surface area contributed by atoms with Gasteiger partial charge in [-0.3, -0.25) is 4.79 Å². The molecule has 1 aromatic carbocycles. The van der Waals surface area contributed by atoms with Crippen molar-refractivity contribution in [3.63, 3.8) is 0 Å². The predicted molar refractivity (Wildman–Crippen MR) is 58.4 cm³/mol. The lowest BCUT2D eigenvalue weighted by atomic mass is 9.92. The molecular formula is C12H14N2O. The van der Waals surface area contributed by atoms with Crippen LogP contribution in [0.15, 0.2) is 18.2 Å². The van der Waals surface area contributed by atoms with Crippen molar-refractivity contribution in [1.82, 2.24) is 4.90 Å². The van der Waals surface area contributed by atoms with E-state index in [-0.39, 0.29) is 5.91 Å². The topological polar surface area (TPSA) is 46.3 Å². The standard InChI is InChI=1S/C12H14N2O/c13-10-6-1-3-8-7-14(9-4-2-5-9)12(15)11(8)10/h1,3,6,9H,2,4-5,7,13H2. The SMILES string of the molecule is Nc1cccc2c1C(=O)N(C1CCC1)C2. The van der Waals surface area contributed by atoms with E-state index in [9.17, 15) is 4.79 Å². The summed E-state index contributed by atoms with van der Waals surface area (Å²) in [5.74, 6) is 0.132. The summed E-state index contributed by atoms with van der Waals surface area (Å²) >= 11 is 0. The lowest BCUT2D eigenvalue weighted by Gasteiger charge is -2.34. The Hall–Kier alpha value is -1.51. The number of carbonyl (C=O) groups is 1. The molecule has 2 N–H and O–H groups in total. The summed E-state index contributed by atoms with van der Waals surface area (Å²) in [6.45, 7) is 0.754. The van der Waals surface area contributed by atoms with Gasteiger partial charge < -0.3 is 10.6 Å². The lowest BCUT2D eigenvalue weighted by Crippen LogP contribution is -2.40. The first-order chi connectivity index (χ1) is 7.27. The Morgan fingerprint density at radius 2 is 2.13 bits per heavy atom. The van der Waals surface area contributed by atoms with Crippen molar-refractivity contribution in [2.45, 2.75) is 31.8 Å². The van der Waals surface area contributed by atoms with Crippen LogP contribution in [0.2, 0.25) is 0 Å². The number of anilines is 1. The molecule has 1 aliphatic heterocycles. The van der Waals surface area contributed by atoms with Crippen LogP contribution in [0.4, 0.5) is 5.69 Å². The van der Waals surface area contributed by atoms with Crippen LogP contribution >= 0.6 is 0 Å². The summed E-state index contributed by atoms with van der Waals surface area (Å²) in [6, 6.07) is 6.19. The fraction of sp³-hybridized carbons (Fsp3) is 0.417. The number of fused-ring (bicyclic) bond motifs is 1. The van der Waals surface area contributed by atoms with E-state index in [1.54, 1.807) is 6.07 Å². The minimum atomic E-state index is 0.132. The van der Waals surface area contributed by atoms with Crippen molar-refractivity contribution in [3.8, 4) is 0 Å². The molecular weight excluding hydrogens is 188 g/mol. The number of nitrogen functional groups attached to an aromatic ring is 1. The molecule has 78 valence electrons. The van der Waals surface area contributed by atoms with Gasteiger partial charge >= 0.3 is 0 Å². The smallest absolute Gasteiger partial charge is 0.256 e. The highest BCUT2D eigenvalue weighted by Gasteiger charge is 2.36. The highest BCUT2D eigenvalue weighted by molar-refractivity contribution is 6.03. The van der Waals surface area contributed by atoms with Crippen LogP contribution in [0.25, 0.3) is 0 Å². The summed E-state index contributed by atoms with van der Waals surface area (Å²) in [6.07, 6.45) is 3.56. The highest BCUT2D eigenvalue weighted by atomic mass is 16.2. The molecule has 3 nitrogen and oxygen atoms in total. The van der Waals surface area contributed by atoms with E-state index < -0.39 is 0 Å². The largest absolute Gasteiger partial charge is 0.398 e. The van der Waals surface area contributed by atoms with Gasteiger partial charge in [0.15, 0.2) is 0 Å². The van der Waals surface area contributed by atoms with Crippen LogP contribution in [0, 0.1) is 0 Å². The van der Waals surface area contributed by atoms with Crippen molar-refractivity contribution in [1.29, 1.82) is 0 Å². The fourth-order valence-electron chi connectivity index (χ4n) is 2.40. The van der Waals surface area contributed by atoms with Gasteiger partial charge in [-0.1, -0.05) is 12.1 Å². The first-order valence-corrected chi connectivity index (χ1v) is 5.45. The number of carbonyl (C=O) groups excluding carboxylic acids is 1. The molecule has 0 spiro atoms. The molecule has 1 aromatic rings. The maximum absolute atomic E-state index is 12.1. The molecule has 0 unspecified atom stereocenters. The third-order valence-electron chi connectivity index (χ3n) is 3.51. The van der Waals surface area contributed by atoms with E-state index in [4.69, 9.17) is 5.73 Å². The Labute approximate surface area is 88.9 Å². The molecule has 0 aromatic heterocycles. The number of hydrogen-bond donors (Lipinski definition) is 1. The number of benzene rings is 1. The van der Waals surface area contributed by atoms with Gasteiger partial charge in [0.25, 0.3) is 5.91 Å². The summed E-state index contributed by atoms with van der Waals surface area (Å²) < 4.78 is 0. The number of hydrogen-bond acceptors (Lipinski definition) is 2. The van der Waals surface area contributed by atoms with Gasteiger partial charge in [-0.25, -0.2) is 0 Å². The molecule has 0 atom stereocenters. The van der Waals surface area contributed by atoms with Crippen molar-refractivity contribution < 1.29 is 4.79 Å². The Balaban J connectivity index is 1.98. The van der Waals surface area contributed by atoms with Gasteiger partial charge in [0, 0.05) is 18.3 Å². The average Bonchev–Trinajstić information content (AvgIpc) is 2.43. The Kier molecular flexibility index (Phi) is 1.75. The summed E-state index contributed by atoms with van der Waals surface area (Å²) in [5.41, 5.74) is 8.29. The Morgan fingerprint density at radius 3 is 2.73 bits per heavy atom. The third kappa shape index (κ3) is 1.16. The van der Waals surface area contributed by atoms with E-state index in [0.29, 0.717) is 11.7 Å². The monoisotopic (exact) mass is 202 g/mol. The maximum atomic E-state index is 12.1. The Bertz CT molecular complexity index is 424. The van der Waals surface area contributed by atoms with Gasteiger partial charge in [-0.15, -0.1) is 0 Å². The molecule has 2 aliphatic rings. The van der Waals surface area contributed by atoms with Crippen LogP contribution < -0.4 is 5.73 Å². The van der Waals surface area contributed by atoms with Crippen LogP contribution in [0.1, 0.15) is 35.2 Å². The van der Waals surface area contributed by atoms with Gasteiger partial charge in [0.1, 0.15) is 0 Å². The molecule has 0 saturated heterocycles. The molecule has 0 bridgehead atoms. The lowest BCUT2D eigenvalue weighted by molar-refractivity contribution is 0.0607. The molecule has 1 aliphatic carbocycles. The number of nitrogens with zero attached hydrogens (tertiary/aromatic N) is 1. The van der Waals surface area contributed by atoms with Crippen LogP contribution in [-0.2, 0) is 6.54 Å². The first-order valence-electron chi connectivity index (χ1n) is 5.45. The number of rotatable bonds is 1. The minimum absolute atomic E-state index is 0.132. The Morgan fingerprint density at radius 1 is 1.33 bits per heavy atom. The van der Waals surface area contributed by atoms with Crippen molar-refractivity contribution >= 4 is 11.6 Å². The second kappa shape index (κ2) is 2.99. The molecule has 1 saturated carbocycles.